The van der Waals surface area contributed by atoms with E-state index in [0.29, 0.717) is 17.1 Å². The lowest BCUT2D eigenvalue weighted by atomic mass is 10.0. The van der Waals surface area contributed by atoms with Gasteiger partial charge < -0.3 is 5.32 Å². The Labute approximate surface area is 166 Å². The minimum absolute atomic E-state index is 0.193. The second kappa shape index (κ2) is 8.76. The normalized spacial score (nSPS) is 13.7. The van der Waals surface area contributed by atoms with Gasteiger partial charge in [0.2, 0.25) is 15.9 Å². The van der Waals surface area contributed by atoms with Gasteiger partial charge in [-0.25, -0.2) is 8.42 Å². The molecule has 146 valence electrons. The van der Waals surface area contributed by atoms with Gasteiger partial charge in [0.05, 0.1) is 18.0 Å². The van der Waals surface area contributed by atoms with E-state index in [9.17, 15) is 13.2 Å². The van der Waals surface area contributed by atoms with E-state index in [0.717, 1.165) is 21.7 Å². The third-order valence-corrected chi connectivity index (χ3v) is 5.83. The molecule has 2 atom stereocenters. The van der Waals surface area contributed by atoms with Gasteiger partial charge in [0, 0.05) is 5.02 Å². The molecule has 5 nitrogen and oxygen atoms in total. The Morgan fingerprint density at radius 2 is 1.81 bits per heavy atom. The number of amides is 1. The molecular weight excluding hydrogens is 384 g/mol. The lowest BCUT2D eigenvalue weighted by Gasteiger charge is -2.30. The largest absolute Gasteiger partial charge is 0.347 e. The van der Waals surface area contributed by atoms with Crippen LogP contribution in [-0.2, 0) is 14.8 Å². The number of carbonyl (C=O) groups excluding carboxylic acids is 1. The Kier molecular flexibility index (Phi) is 6.89. The summed E-state index contributed by atoms with van der Waals surface area (Å²) >= 11 is 6.00. The molecule has 0 aromatic heterocycles. The highest BCUT2D eigenvalue weighted by atomic mass is 35.5. The Hall–Kier alpha value is -2.05. The van der Waals surface area contributed by atoms with Crippen LogP contribution in [-0.4, -0.2) is 26.6 Å². The van der Waals surface area contributed by atoms with Crippen molar-refractivity contribution < 1.29 is 13.2 Å². The van der Waals surface area contributed by atoms with Crippen LogP contribution in [0.25, 0.3) is 0 Å². The summed E-state index contributed by atoms with van der Waals surface area (Å²) in [4.78, 5) is 12.8. The number of nitrogens with zero attached hydrogens (tertiary/aromatic N) is 1. The van der Waals surface area contributed by atoms with Crippen LogP contribution in [0.5, 0.6) is 0 Å². The van der Waals surface area contributed by atoms with Crippen LogP contribution in [0, 0.1) is 6.92 Å². The van der Waals surface area contributed by atoms with Crippen LogP contribution in [0.15, 0.2) is 48.5 Å². The predicted molar refractivity (Wildman–Crippen MR) is 111 cm³/mol. The van der Waals surface area contributed by atoms with Gasteiger partial charge in [0.1, 0.15) is 6.04 Å². The van der Waals surface area contributed by atoms with Crippen LogP contribution in [0.3, 0.4) is 0 Å². The first-order chi connectivity index (χ1) is 12.6. The van der Waals surface area contributed by atoms with Gasteiger partial charge in [0.25, 0.3) is 0 Å². The average molecular weight is 409 g/mol. The summed E-state index contributed by atoms with van der Waals surface area (Å²) in [5, 5.41) is 3.36. The third-order valence-electron chi connectivity index (χ3n) is 4.36. The van der Waals surface area contributed by atoms with E-state index < -0.39 is 16.1 Å². The molecule has 0 unspecified atom stereocenters. The molecule has 7 heteroatoms. The van der Waals surface area contributed by atoms with Crippen molar-refractivity contribution in [3.05, 3.63) is 64.7 Å². The first-order valence-electron chi connectivity index (χ1n) is 8.75. The van der Waals surface area contributed by atoms with Crippen LogP contribution in [0.2, 0.25) is 5.02 Å². The fraction of sp³-hybridized carbons (Fsp3) is 0.350. The number of rotatable bonds is 7. The van der Waals surface area contributed by atoms with Crippen LogP contribution in [0.4, 0.5) is 5.69 Å². The van der Waals surface area contributed by atoms with Gasteiger partial charge in [0.15, 0.2) is 0 Å². The number of anilines is 1. The molecule has 0 fully saturated rings. The van der Waals surface area contributed by atoms with Gasteiger partial charge >= 0.3 is 0 Å². The molecule has 0 aliphatic rings. The molecule has 0 bridgehead atoms. The fourth-order valence-corrected chi connectivity index (χ4v) is 4.29. The summed E-state index contributed by atoms with van der Waals surface area (Å²) in [5.41, 5.74) is 2.48. The van der Waals surface area contributed by atoms with Crippen molar-refractivity contribution in [2.45, 2.75) is 39.3 Å². The van der Waals surface area contributed by atoms with Crippen LogP contribution < -0.4 is 9.62 Å². The summed E-state index contributed by atoms with van der Waals surface area (Å²) in [7, 11) is -3.68. The molecule has 2 aromatic carbocycles. The highest BCUT2D eigenvalue weighted by molar-refractivity contribution is 7.92. The number of hydrogen-bond acceptors (Lipinski definition) is 3. The monoisotopic (exact) mass is 408 g/mol. The summed E-state index contributed by atoms with van der Waals surface area (Å²) in [6.07, 6.45) is 1.77. The maximum Gasteiger partial charge on any atom is 0.244 e. The van der Waals surface area contributed by atoms with E-state index in [1.54, 1.807) is 25.1 Å². The van der Waals surface area contributed by atoms with Gasteiger partial charge in [-0.1, -0.05) is 54.4 Å². The molecule has 27 heavy (non-hydrogen) atoms. The molecular formula is C20H25ClN2O3S. The number of halogens is 1. The SMILES string of the molecule is CC[C@@H](NC(=O)[C@@H](C)N(c1cccc(Cl)c1)S(C)(=O)=O)c1ccc(C)cc1. The molecule has 0 aliphatic carbocycles. The maximum absolute atomic E-state index is 12.8. The second-order valence-electron chi connectivity index (χ2n) is 6.59. The average Bonchev–Trinajstić information content (AvgIpc) is 2.59. The highest BCUT2D eigenvalue weighted by Crippen LogP contribution is 2.25. The zero-order valence-corrected chi connectivity index (χ0v) is 17.5. The number of nitrogens with one attached hydrogen (secondary N) is 1. The lowest BCUT2D eigenvalue weighted by Crippen LogP contribution is -2.48. The maximum atomic E-state index is 12.8. The van der Waals surface area contributed by atoms with Crippen molar-refractivity contribution >= 4 is 33.2 Å². The van der Waals surface area contributed by atoms with Crippen LogP contribution in [0.1, 0.15) is 37.4 Å². The van der Waals surface area contributed by atoms with Crippen molar-refractivity contribution in [3.8, 4) is 0 Å². The van der Waals surface area contributed by atoms with Crippen molar-refractivity contribution in [2.75, 3.05) is 10.6 Å². The molecule has 2 rings (SSSR count). The van der Waals surface area contributed by atoms with Crippen LogP contribution >= 0.6 is 11.6 Å². The number of hydrogen-bond donors (Lipinski definition) is 1. The molecule has 2 aromatic rings. The molecule has 1 N–H and O–H groups in total. The van der Waals surface area contributed by atoms with Crippen molar-refractivity contribution in [2.24, 2.45) is 0 Å². The van der Waals surface area contributed by atoms with E-state index in [1.807, 2.05) is 38.1 Å². The Morgan fingerprint density at radius 3 is 2.33 bits per heavy atom. The van der Waals surface area contributed by atoms with Gasteiger partial charge in [-0.05, 0) is 44.0 Å². The standard InChI is InChI=1S/C20H25ClN2O3S/c1-5-19(16-11-9-14(2)10-12-16)22-20(24)15(3)23(27(4,25)26)18-8-6-7-17(21)13-18/h6-13,15,19H,5H2,1-4H3,(H,22,24)/t15-,19-/m1/s1. The first-order valence-corrected chi connectivity index (χ1v) is 11.0. The number of aryl methyl sites for hydroxylation is 1. The van der Waals surface area contributed by atoms with Crippen molar-refractivity contribution in [3.63, 3.8) is 0 Å². The topological polar surface area (TPSA) is 66.5 Å². The van der Waals surface area contributed by atoms with E-state index in [-0.39, 0.29) is 11.9 Å². The zero-order chi connectivity index (χ0) is 20.2. The van der Waals surface area contributed by atoms with E-state index in [2.05, 4.69) is 5.32 Å². The van der Waals surface area contributed by atoms with Gasteiger partial charge in [-0.2, -0.15) is 0 Å². The number of carbonyl (C=O) groups is 1. The number of sulfonamides is 1. The third kappa shape index (κ3) is 5.47. The zero-order valence-electron chi connectivity index (χ0n) is 15.9. The smallest absolute Gasteiger partial charge is 0.244 e. The molecule has 0 heterocycles. The fourth-order valence-electron chi connectivity index (χ4n) is 2.93. The first kappa shape index (κ1) is 21.3. The van der Waals surface area contributed by atoms with Crippen molar-refractivity contribution in [1.82, 2.24) is 5.32 Å². The minimum atomic E-state index is -3.68. The van der Waals surface area contributed by atoms with E-state index >= 15 is 0 Å². The number of benzene rings is 2. The van der Waals surface area contributed by atoms with Gasteiger partial charge in [-0.15, -0.1) is 0 Å². The second-order valence-corrected chi connectivity index (χ2v) is 8.89. The molecule has 0 spiro atoms. The minimum Gasteiger partial charge on any atom is -0.347 e. The summed E-state index contributed by atoms with van der Waals surface area (Å²) in [6, 6.07) is 13.3. The summed E-state index contributed by atoms with van der Waals surface area (Å²) in [5.74, 6) is -0.368. The molecule has 1 amide bonds. The molecule has 0 aliphatic heterocycles. The van der Waals surface area contributed by atoms with E-state index in [1.165, 1.54) is 6.07 Å². The molecule has 0 saturated carbocycles. The Morgan fingerprint density at radius 1 is 1.19 bits per heavy atom. The Balaban J connectivity index is 2.27. The summed E-state index contributed by atoms with van der Waals surface area (Å²) < 4.78 is 25.8. The van der Waals surface area contributed by atoms with Gasteiger partial charge in [-0.3, -0.25) is 9.10 Å². The highest BCUT2D eigenvalue weighted by Gasteiger charge is 2.30. The quantitative estimate of drug-likeness (QED) is 0.750. The molecule has 0 radical (unpaired) electrons. The predicted octanol–water partition coefficient (Wildman–Crippen LogP) is 4.07. The Bertz CT molecular complexity index is 898. The molecule has 0 saturated heterocycles. The lowest BCUT2D eigenvalue weighted by molar-refractivity contribution is -0.122. The van der Waals surface area contributed by atoms with Crippen molar-refractivity contribution in [1.29, 1.82) is 0 Å². The van der Waals surface area contributed by atoms with E-state index in [4.69, 9.17) is 11.6 Å². The summed E-state index contributed by atoms with van der Waals surface area (Å²) in [6.45, 7) is 5.54.